The molecule has 0 aliphatic carbocycles. The molecule has 10 heteroatoms. The Hall–Kier alpha value is -3.01. The fourth-order valence-corrected chi connectivity index (χ4v) is 2.78. The summed E-state index contributed by atoms with van der Waals surface area (Å²) in [7, 11) is 0. The second-order valence-corrected chi connectivity index (χ2v) is 5.93. The zero-order valence-corrected chi connectivity index (χ0v) is 14.1. The van der Waals surface area contributed by atoms with Gasteiger partial charge in [0, 0.05) is 24.7 Å². The summed E-state index contributed by atoms with van der Waals surface area (Å²) in [5.74, 6) is 1.05. The van der Waals surface area contributed by atoms with E-state index in [1.165, 1.54) is 11.8 Å². The fraction of sp³-hybridized carbons (Fsp3) is 0.200. The van der Waals surface area contributed by atoms with E-state index in [0.717, 1.165) is 17.9 Å². The van der Waals surface area contributed by atoms with Crippen LogP contribution in [-0.4, -0.2) is 48.5 Å². The van der Waals surface area contributed by atoms with Crippen molar-refractivity contribution >= 4 is 23.7 Å². The number of amides is 2. The number of tetrazole rings is 1. The number of carbonyl (C=O) groups excluding carboxylic acids is 1. The number of nitrogens with one attached hydrogen (secondary N) is 2. The van der Waals surface area contributed by atoms with Crippen molar-refractivity contribution in [2.75, 3.05) is 17.6 Å². The number of nitrogens with zero attached hydrogens (tertiary/aromatic N) is 6. The largest absolute Gasteiger partial charge is 0.338 e. The molecular weight excluding hydrogens is 340 g/mol. The number of anilines is 1. The van der Waals surface area contributed by atoms with Gasteiger partial charge in [-0.2, -0.15) is 4.68 Å². The molecule has 0 unspecified atom stereocenters. The summed E-state index contributed by atoms with van der Waals surface area (Å²) in [6, 6.07) is 11.1. The standard InChI is InChI=1S/C15H16N8OS/c24-14(19-13-16-8-4-9-17-13)18-10-5-11-25-15-20-21-22-23(15)12-6-2-1-3-7-12/h1-4,6-9H,5,10-11H2,(H2,16,17,18,19,24). The molecule has 0 spiro atoms. The Kier molecular flexibility index (Phi) is 5.88. The van der Waals surface area contributed by atoms with Crippen LogP contribution in [0.5, 0.6) is 0 Å². The van der Waals surface area contributed by atoms with Crippen LogP contribution in [0.15, 0.2) is 53.9 Å². The third kappa shape index (κ3) is 4.98. The van der Waals surface area contributed by atoms with Crippen LogP contribution in [0.4, 0.5) is 10.7 Å². The number of hydrogen-bond acceptors (Lipinski definition) is 7. The van der Waals surface area contributed by atoms with Crippen LogP contribution in [0.3, 0.4) is 0 Å². The molecule has 3 aromatic rings. The quantitative estimate of drug-likeness (QED) is 0.490. The molecule has 0 fully saturated rings. The lowest BCUT2D eigenvalue weighted by atomic mass is 10.3. The highest BCUT2D eigenvalue weighted by Crippen LogP contribution is 2.18. The van der Waals surface area contributed by atoms with Crippen LogP contribution in [0, 0.1) is 0 Å². The maximum atomic E-state index is 11.7. The van der Waals surface area contributed by atoms with Crippen molar-refractivity contribution in [3.8, 4) is 5.69 Å². The highest BCUT2D eigenvalue weighted by Gasteiger charge is 2.08. The van der Waals surface area contributed by atoms with Gasteiger partial charge in [-0.15, -0.1) is 5.10 Å². The molecule has 128 valence electrons. The van der Waals surface area contributed by atoms with E-state index in [0.29, 0.717) is 11.7 Å². The van der Waals surface area contributed by atoms with Gasteiger partial charge in [-0.05, 0) is 35.0 Å². The first-order valence-corrected chi connectivity index (χ1v) is 8.60. The highest BCUT2D eigenvalue weighted by molar-refractivity contribution is 7.99. The summed E-state index contributed by atoms with van der Waals surface area (Å²) < 4.78 is 1.69. The van der Waals surface area contributed by atoms with Gasteiger partial charge in [0.1, 0.15) is 0 Å². The first-order valence-electron chi connectivity index (χ1n) is 7.61. The SMILES string of the molecule is O=C(NCCCSc1nnnn1-c1ccccc1)Nc1ncccn1. The van der Waals surface area contributed by atoms with Gasteiger partial charge in [0.25, 0.3) is 0 Å². The topological polar surface area (TPSA) is 111 Å². The van der Waals surface area contributed by atoms with Gasteiger partial charge in [0.05, 0.1) is 5.69 Å². The van der Waals surface area contributed by atoms with Crippen LogP contribution >= 0.6 is 11.8 Å². The lowest BCUT2D eigenvalue weighted by Crippen LogP contribution is -2.30. The maximum absolute atomic E-state index is 11.7. The number of rotatable bonds is 7. The summed E-state index contributed by atoms with van der Waals surface area (Å²) >= 11 is 1.53. The van der Waals surface area contributed by atoms with Gasteiger partial charge in [-0.25, -0.2) is 14.8 Å². The van der Waals surface area contributed by atoms with Crippen molar-refractivity contribution in [3.63, 3.8) is 0 Å². The van der Waals surface area contributed by atoms with Crippen molar-refractivity contribution in [3.05, 3.63) is 48.8 Å². The van der Waals surface area contributed by atoms with Gasteiger partial charge in [0.15, 0.2) is 0 Å². The molecule has 0 bridgehead atoms. The molecule has 0 aliphatic heterocycles. The average Bonchev–Trinajstić information content (AvgIpc) is 3.11. The van der Waals surface area contributed by atoms with E-state index in [1.54, 1.807) is 23.1 Å². The third-order valence-corrected chi connectivity index (χ3v) is 4.08. The fourth-order valence-electron chi connectivity index (χ4n) is 1.95. The molecule has 0 saturated heterocycles. The van der Waals surface area contributed by atoms with Crippen molar-refractivity contribution < 1.29 is 4.79 Å². The number of urea groups is 1. The van der Waals surface area contributed by atoms with Crippen molar-refractivity contribution in [1.29, 1.82) is 0 Å². The molecule has 9 nitrogen and oxygen atoms in total. The average molecular weight is 356 g/mol. The molecule has 0 radical (unpaired) electrons. The number of aromatic nitrogens is 6. The Morgan fingerprint density at radius 2 is 1.92 bits per heavy atom. The van der Waals surface area contributed by atoms with E-state index in [4.69, 9.17) is 0 Å². The molecule has 2 heterocycles. The minimum atomic E-state index is -0.328. The zero-order chi connectivity index (χ0) is 17.3. The van der Waals surface area contributed by atoms with E-state index < -0.39 is 0 Å². The molecule has 0 aliphatic rings. The summed E-state index contributed by atoms with van der Waals surface area (Å²) in [5.41, 5.74) is 0.912. The van der Waals surface area contributed by atoms with E-state index >= 15 is 0 Å². The van der Waals surface area contributed by atoms with Crippen LogP contribution in [-0.2, 0) is 0 Å². The van der Waals surface area contributed by atoms with Crippen LogP contribution in [0.2, 0.25) is 0 Å². The molecule has 0 saturated carbocycles. The van der Waals surface area contributed by atoms with Gasteiger partial charge < -0.3 is 5.32 Å². The molecule has 2 aromatic heterocycles. The molecule has 1 aromatic carbocycles. The Bertz CT molecular complexity index is 796. The van der Waals surface area contributed by atoms with Gasteiger partial charge in [0.2, 0.25) is 11.1 Å². The molecule has 25 heavy (non-hydrogen) atoms. The van der Waals surface area contributed by atoms with Crippen LogP contribution in [0.25, 0.3) is 5.69 Å². The predicted molar refractivity (Wildman–Crippen MR) is 93.5 cm³/mol. The minimum absolute atomic E-state index is 0.274. The number of carbonyl (C=O) groups is 1. The molecule has 2 amide bonds. The Balaban J connectivity index is 1.40. The lowest BCUT2D eigenvalue weighted by molar-refractivity contribution is 0.252. The Morgan fingerprint density at radius 1 is 1.12 bits per heavy atom. The van der Waals surface area contributed by atoms with Crippen LogP contribution < -0.4 is 10.6 Å². The number of benzene rings is 1. The predicted octanol–water partition coefficient (Wildman–Crippen LogP) is 1.76. The van der Waals surface area contributed by atoms with E-state index in [-0.39, 0.29) is 12.0 Å². The van der Waals surface area contributed by atoms with Gasteiger partial charge in [-0.3, -0.25) is 5.32 Å². The van der Waals surface area contributed by atoms with Crippen LogP contribution in [0.1, 0.15) is 6.42 Å². The van der Waals surface area contributed by atoms with Gasteiger partial charge in [-0.1, -0.05) is 30.0 Å². The first-order chi connectivity index (χ1) is 12.3. The normalized spacial score (nSPS) is 10.4. The minimum Gasteiger partial charge on any atom is -0.338 e. The van der Waals surface area contributed by atoms with E-state index in [2.05, 4.69) is 36.1 Å². The maximum Gasteiger partial charge on any atom is 0.321 e. The third-order valence-electron chi connectivity index (χ3n) is 3.07. The van der Waals surface area contributed by atoms with Gasteiger partial charge >= 0.3 is 6.03 Å². The smallest absolute Gasteiger partial charge is 0.321 e. The van der Waals surface area contributed by atoms with E-state index in [9.17, 15) is 4.79 Å². The summed E-state index contributed by atoms with van der Waals surface area (Å²) in [5, 5.41) is 17.8. The van der Waals surface area contributed by atoms with Crippen molar-refractivity contribution in [2.45, 2.75) is 11.6 Å². The molecule has 3 rings (SSSR count). The molecule has 0 atom stereocenters. The summed E-state index contributed by atoms with van der Waals surface area (Å²) in [6.07, 6.45) is 3.90. The molecule has 2 N–H and O–H groups in total. The first kappa shape index (κ1) is 16.8. The Morgan fingerprint density at radius 3 is 2.72 bits per heavy atom. The van der Waals surface area contributed by atoms with E-state index in [1.807, 2.05) is 30.3 Å². The second-order valence-electron chi connectivity index (χ2n) is 4.86. The van der Waals surface area contributed by atoms with Crippen molar-refractivity contribution in [2.24, 2.45) is 0 Å². The zero-order valence-electron chi connectivity index (χ0n) is 13.2. The monoisotopic (exact) mass is 356 g/mol. The number of thioether (sulfide) groups is 1. The summed E-state index contributed by atoms with van der Waals surface area (Å²) in [6.45, 7) is 0.526. The number of para-hydroxylation sites is 1. The highest BCUT2D eigenvalue weighted by atomic mass is 32.2. The molecular formula is C15H16N8OS. The second kappa shape index (κ2) is 8.73. The van der Waals surface area contributed by atoms with Crippen molar-refractivity contribution in [1.82, 2.24) is 35.5 Å². The Labute approximate surface area is 148 Å². The number of hydrogen-bond donors (Lipinski definition) is 2. The summed E-state index contributed by atoms with van der Waals surface area (Å²) in [4.78, 5) is 19.5. The lowest BCUT2D eigenvalue weighted by Gasteiger charge is -2.06.